The maximum Gasteiger partial charge on any atom is 0.0102 e. The highest BCUT2D eigenvalue weighted by atomic mass is 15.1. The van der Waals surface area contributed by atoms with Crippen molar-refractivity contribution in [3.8, 4) is 0 Å². The molecule has 0 aromatic carbocycles. The molecule has 0 heterocycles. The molecule has 0 fully saturated rings. The zero-order valence-electron chi connectivity index (χ0n) is 11.7. The minimum Gasteiger partial charge on any atom is -0.314 e. The molecule has 0 aromatic heterocycles. The molecule has 0 aliphatic carbocycles. The molecule has 0 rings (SSSR count). The second-order valence-electron chi connectivity index (χ2n) is 5.67. The van der Waals surface area contributed by atoms with Gasteiger partial charge in [-0.3, -0.25) is 0 Å². The summed E-state index contributed by atoms with van der Waals surface area (Å²) in [6.07, 6.45) is 1.21. The van der Waals surface area contributed by atoms with E-state index in [1.807, 2.05) is 0 Å². The molecular weight excluding hydrogens is 184 g/mol. The summed E-state index contributed by atoms with van der Waals surface area (Å²) in [6, 6.07) is 1.20. The van der Waals surface area contributed by atoms with Crippen molar-refractivity contribution in [1.29, 1.82) is 0 Å². The SMILES string of the molecule is CCCNC(C)C(C)(C)CN(C)C(C)C. The van der Waals surface area contributed by atoms with Crippen molar-refractivity contribution in [3.63, 3.8) is 0 Å². The van der Waals surface area contributed by atoms with Gasteiger partial charge < -0.3 is 10.2 Å². The second-order valence-corrected chi connectivity index (χ2v) is 5.67. The van der Waals surface area contributed by atoms with Crippen molar-refractivity contribution in [3.05, 3.63) is 0 Å². The molecule has 0 radical (unpaired) electrons. The molecule has 2 nitrogen and oxygen atoms in total. The summed E-state index contributed by atoms with van der Waals surface area (Å²) in [6.45, 7) is 16.0. The first kappa shape index (κ1) is 14.9. The predicted octanol–water partition coefficient (Wildman–Crippen LogP) is 2.74. The molecule has 2 heteroatoms. The Morgan fingerprint density at radius 3 is 2.13 bits per heavy atom. The maximum absolute atomic E-state index is 3.59. The minimum atomic E-state index is 0.328. The van der Waals surface area contributed by atoms with Crippen LogP contribution in [0.2, 0.25) is 0 Å². The fourth-order valence-corrected chi connectivity index (χ4v) is 1.60. The smallest absolute Gasteiger partial charge is 0.0102 e. The standard InChI is InChI=1S/C13H30N2/c1-8-9-14-12(4)13(5,6)10-15(7)11(2)3/h11-12,14H,8-10H2,1-7H3. The topological polar surface area (TPSA) is 15.3 Å². The van der Waals surface area contributed by atoms with Gasteiger partial charge in [0.15, 0.2) is 0 Å². The Morgan fingerprint density at radius 1 is 1.20 bits per heavy atom. The average molecular weight is 214 g/mol. The third-order valence-corrected chi connectivity index (χ3v) is 3.41. The largest absolute Gasteiger partial charge is 0.314 e. The van der Waals surface area contributed by atoms with Crippen LogP contribution >= 0.6 is 0 Å². The predicted molar refractivity (Wildman–Crippen MR) is 69.3 cm³/mol. The first-order valence-corrected chi connectivity index (χ1v) is 6.25. The van der Waals surface area contributed by atoms with Gasteiger partial charge in [-0.2, -0.15) is 0 Å². The van der Waals surface area contributed by atoms with Crippen molar-refractivity contribution in [2.45, 2.75) is 60.0 Å². The van der Waals surface area contributed by atoms with Crippen LogP contribution in [0.25, 0.3) is 0 Å². The Morgan fingerprint density at radius 2 is 1.73 bits per heavy atom. The molecule has 0 amide bonds. The van der Waals surface area contributed by atoms with Crippen LogP contribution in [0.5, 0.6) is 0 Å². The normalized spacial score (nSPS) is 15.0. The molecule has 0 aromatic rings. The third-order valence-electron chi connectivity index (χ3n) is 3.41. The molecule has 0 aliphatic heterocycles. The lowest BCUT2D eigenvalue weighted by Crippen LogP contribution is -2.47. The summed E-state index contributed by atoms with van der Waals surface area (Å²) in [5, 5.41) is 3.59. The molecule has 0 saturated carbocycles. The lowest BCUT2D eigenvalue weighted by atomic mass is 9.84. The van der Waals surface area contributed by atoms with Gasteiger partial charge in [0.25, 0.3) is 0 Å². The van der Waals surface area contributed by atoms with E-state index in [-0.39, 0.29) is 0 Å². The van der Waals surface area contributed by atoms with Crippen molar-refractivity contribution in [2.24, 2.45) is 5.41 Å². The van der Waals surface area contributed by atoms with Gasteiger partial charge >= 0.3 is 0 Å². The Labute approximate surface area is 96.4 Å². The van der Waals surface area contributed by atoms with Crippen molar-refractivity contribution < 1.29 is 0 Å². The zero-order valence-corrected chi connectivity index (χ0v) is 11.7. The first-order chi connectivity index (χ1) is 6.81. The van der Waals surface area contributed by atoms with Gasteiger partial charge in [0.1, 0.15) is 0 Å². The Balaban J connectivity index is 4.14. The average Bonchev–Trinajstić information content (AvgIpc) is 2.13. The fourth-order valence-electron chi connectivity index (χ4n) is 1.60. The Hall–Kier alpha value is -0.0800. The summed E-state index contributed by atoms with van der Waals surface area (Å²) in [5.41, 5.74) is 0.328. The molecule has 1 N–H and O–H groups in total. The highest BCUT2D eigenvalue weighted by molar-refractivity contribution is 4.83. The molecule has 0 aliphatic rings. The summed E-state index contributed by atoms with van der Waals surface area (Å²) in [4.78, 5) is 2.42. The number of hydrogen-bond donors (Lipinski definition) is 1. The van der Waals surface area contributed by atoms with Gasteiger partial charge in [-0.15, -0.1) is 0 Å². The first-order valence-electron chi connectivity index (χ1n) is 6.25. The van der Waals surface area contributed by atoms with Crippen LogP contribution in [-0.2, 0) is 0 Å². The quantitative estimate of drug-likeness (QED) is 0.701. The summed E-state index contributed by atoms with van der Waals surface area (Å²) in [7, 11) is 2.21. The summed E-state index contributed by atoms with van der Waals surface area (Å²) >= 11 is 0. The van der Waals surface area contributed by atoms with Crippen LogP contribution < -0.4 is 5.32 Å². The van der Waals surface area contributed by atoms with Crippen LogP contribution in [-0.4, -0.2) is 37.1 Å². The van der Waals surface area contributed by atoms with Crippen molar-refractivity contribution in [1.82, 2.24) is 10.2 Å². The van der Waals surface area contributed by atoms with E-state index in [4.69, 9.17) is 0 Å². The monoisotopic (exact) mass is 214 g/mol. The molecule has 0 bridgehead atoms. The summed E-state index contributed by atoms with van der Waals surface area (Å²) in [5.74, 6) is 0. The van der Waals surface area contributed by atoms with Gasteiger partial charge in [-0.1, -0.05) is 20.8 Å². The zero-order chi connectivity index (χ0) is 12.1. The van der Waals surface area contributed by atoms with Crippen LogP contribution in [0.15, 0.2) is 0 Å². The van der Waals surface area contributed by atoms with E-state index in [9.17, 15) is 0 Å². The van der Waals surface area contributed by atoms with E-state index in [2.05, 4.69) is 58.8 Å². The third kappa shape index (κ3) is 5.53. The lowest BCUT2D eigenvalue weighted by molar-refractivity contribution is 0.142. The summed E-state index contributed by atoms with van der Waals surface area (Å²) < 4.78 is 0. The van der Waals surface area contributed by atoms with Gasteiger partial charge in [-0.05, 0) is 46.2 Å². The molecular formula is C13H30N2. The number of hydrogen-bond acceptors (Lipinski definition) is 2. The Kier molecular flexibility index (Phi) is 6.46. The van der Waals surface area contributed by atoms with E-state index in [0.717, 1.165) is 13.1 Å². The van der Waals surface area contributed by atoms with Gasteiger partial charge in [0, 0.05) is 18.6 Å². The molecule has 15 heavy (non-hydrogen) atoms. The van der Waals surface area contributed by atoms with Crippen LogP contribution in [0, 0.1) is 5.41 Å². The number of nitrogens with one attached hydrogen (secondary N) is 1. The maximum atomic E-state index is 3.59. The van der Waals surface area contributed by atoms with Crippen LogP contribution in [0.1, 0.15) is 48.0 Å². The van der Waals surface area contributed by atoms with E-state index in [1.165, 1.54) is 6.42 Å². The molecule has 0 saturated heterocycles. The van der Waals surface area contributed by atoms with E-state index in [0.29, 0.717) is 17.5 Å². The van der Waals surface area contributed by atoms with E-state index < -0.39 is 0 Å². The molecule has 0 spiro atoms. The molecule has 92 valence electrons. The van der Waals surface area contributed by atoms with Crippen molar-refractivity contribution >= 4 is 0 Å². The highest BCUT2D eigenvalue weighted by Gasteiger charge is 2.27. The van der Waals surface area contributed by atoms with Gasteiger partial charge in [0.2, 0.25) is 0 Å². The van der Waals surface area contributed by atoms with E-state index >= 15 is 0 Å². The number of nitrogens with zero attached hydrogens (tertiary/aromatic N) is 1. The van der Waals surface area contributed by atoms with Crippen LogP contribution in [0.4, 0.5) is 0 Å². The fraction of sp³-hybridized carbons (Fsp3) is 1.00. The number of rotatable bonds is 7. The van der Waals surface area contributed by atoms with E-state index in [1.54, 1.807) is 0 Å². The lowest BCUT2D eigenvalue weighted by Gasteiger charge is -2.37. The Bertz CT molecular complexity index is 164. The van der Waals surface area contributed by atoms with Crippen LogP contribution in [0.3, 0.4) is 0 Å². The van der Waals surface area contributed by atoms with Crippen molar-refractivity contribution in [2.75, 3.05) is 20.1 Å². The van der Waals surface area contributed by atoms with Gasteiger partial charge in [-0.25, -0.2) is 0 Å². The molecule has 1 atom stereocenters. The highest BCUT2D eigenvalue weighted by Crippen LogP contribution is 2.22. The minimum absolute atomic E-state index is 0.328. The van der Waals surface area contributed by atoms with Gasteiger partial charge in [0.05, 0.1) is 0 Å². The second kappa shape index (κ2) is 6.49. The molecule has 1 unspecified atom stereocenters.